The van der Waals surface area contributed by atoms with E-state index in [1.165, 1.54) is 0 Å². The van der Waals surface area contributed by atoms with E-state index in [1.54, 1.807) is 0 Å². The Hall–Kier alpha value is -0.960. The Balaban J connectivity index is 0.00000288. The number of nitrogens with one attached hydrogen (secondary N) is 1. The van der Waals surface area contributed by atoms with Crippen molar-refractivity contribution < 1.29 is 4.79 Å². The van der Waals surface area contributed by atoms with Crippen LogP contribution in [0.25, 0.3) is 0 Å². The van der Waals surface area contributed by atoms with Gasteiger partial charge < -0.3 is 16.0 Å². The second-order valence-electron chi connectivity index (χ2n) is 5.75. The molecule has 0 saturated carbocycles. The Bertz CT molecular complexity index is 544. The Kier molecular flexibility index (Phi) is 9.50. The van der Waals surface area contributed by atoms with Gasteiger partial charge in [0.05, 0.1) is 6.54 Å². The van der Waals surface area contributed by atoms with Gasteiger partial charge in [0.2, 0.25) is 0 Å². The first-order chi connectivity index (χ1) is 11.1. The van der Waals surface area contributed by atoms with E-state index in [0.29, 0.717) is 18.1 Å². The number of nitrogens with two attached hydrogens (primary N) is 1. The third-order valence-electron chi connectivity index (χ3n) is 3.96. The van der Waals surface area contributed by atoms with Crippen molar-refractivity contribution in [3.8, 4) is 0 Å². The molecule has 0 bridgehead atoms. The van der Waals surface area contributed by atoms with Gasteiger partial charge in [0, 0.05) is 36.2 Å². The normalized spacial score (nSPS) is 16.2. The number of carbonyl (C=O) groups excluding carboxylic acids is 1. The number of carbonyl (C=O) groups is 1. The van der Waals surface area contributed by atoms with Crippen molar-refractivity contribution in [3.63, 3.8) is 0 Å². The zero-order chi connectivity index (χ0) is 16.7. The predicted molar refractivity (Wildman–Crippen MR) is 113 cm³/mol. The predicted octanol–water partition coefficient (Wildman–Crippen LogP) is 2.70. The summed E-state index contributed by atoms with van der Waals surface area (Å²) in [4.78, 5) is 18.6. The third-order valence-corrected chi connectivity index (χ3v) is 4.91. The van der Waals surface area contributed by atoms with Gasteiger partial charge in [-0.1, -0.05) is 19.1 Å². The molecular formula is C17H27IN4OS. The summed E-state index contributed by atoms with van der Waals surface area (Å²) in [6.07, 6.45) is 0.923. The number of hydrogen-bond donors (Lipinski definition) is 2. The molecule has 1 aromatic rings. The molecule has 0 aromatic heterocycles. The van der Waals surface area contributed by atoms with Crippen molar-refractivity contribution in [3.05, 3.63) is 35.4 Å². The molecule has 1 aliphatic rings. The van der Waals surface area contributed by atoms with Crippen LogP contribution in [-0.4, -0.2) is 47.4 Å². The number of benzene rings is 1. The molecule has 2 rings (SSSR count). The first-order valence-corrected chi connectivity index (χ1v) is 9.28. The highest BCUT2D eigenvalue weighted by Crippen LogP contribution is 2.10. The van der Waals surface area contributed by atoms with Crippen molar-refractivity contribution in [1.82, 2.24) is 10.2 Å². The zero-order valence-electron chi connectivity index (χ0n) is 14.3. The fourth-order valence-corrected chi connectivity index (χ4v) is 3.14. The minimum Gasteiger partial charge on any atom is -0.370 e. The van der Waals surface area contributed by atoms with Gasteiger partial charge in [-0.25, -0.2) is 4.99 Å². The molecule has 1 unspecified atom stereocenters. The van der Waals surface area contributed by atoms with E-state index < -0.39 is 0 Å². The van der Waals surface area contributed by atoms with E-state index in [0.717, 1.165) is 36.6 Å². The minimum absolute atomic E-state index is 0. The lowest BCUT2D eigenvalue weighted by Crippen LogP contribution is -2.42. The molecule has 1 atom stereocenters. The first kappa shape index (κ1) is 21.1. The van der Waals surface area contributed by atoms with Crippen LogP contribution in [0.3, 0.4) is 0 Å². The van der Waals surface area contributed by atoms with Gasteiger partial charge in [-0.15, -0.1) is 24.0 Å². The summed E-state index contributed by atoms with van der Waals surface area (Å²) in [5.74, 6) is 2.80. The summed E-state index contributed by atoms with van der Waals surface area (Å²) >= 11 is 1.95. The highest BCUT2D eigenvalue weighted by molar-refractivity contribution is 14.0. The Morgan fingerprint density at radius 1 is 1.33 bits per heavy atom. The molecule has 5 nitrogen and oxygen atoms in total. The molecule has 0 radical (unpaired) electrons. The highest BCUT2D eigenvalue weighted by Gasteiger charge is 2.12. The number of hydrogen-bond acceptors (Lipinski definition) is 3. The SMILES string of the molecule is CCC(C)NC(=O)c1ccc(CN=C(N)N2CCSCC2)cc1.I. The standard InChI is InChI=1S/C17H26N4OS.HI/c1-3-13(2)20-16(22)15-6-4-14(5-7-15)12-19-17(18)21-8-10-23-11-9-21;/h4-7,13H,3,8-12H2,1-2H3,(H2,18,19)(H,20,22);1H. The second-order valence-corrected chi connectivity index (χ2v) is 6.98. The molecule has 1 aromatic carbocycles. The Morgan fingerprint density at radius 2 is 1.96 bits per heavy atom. The van der Waals surface area contributed by atoms with Crippen LogP contribution >= 0.6 is 35.7 Å². The maximum absolute atomic E-state index is 12.0. The molecule has 1 amide bonds. The molecule has 0 aliphatic carbocycles. The number of halogens is 1. The number of guanidine groups is 1. The third kappa shape index (κ3) is 6.51. The van der Waals surface area contributed by atoms with Crippen molar-refractivity contribution in [2.45, 2.75) is 32.9 Å². The molecule has 7 heteroatoms. The largest absolute Gasteiger partial charge is 0.370 e. The fraction of sp³-hybridized carbons (Fsp3) is 0.529. The van der Waals surface area contributed by atoms with Crippen LogP contribution in [0.15, 0.2) is 29.3 Å². The van der Waals surface area contributed by atoms with Crippen LogP contribution < -0.4 is 11.1 Å². The average molecular weight is 462 g/mol. The molecule has 1 aliphatic heterocycles. The second kappa shape index (κ2) is 10.8. The lowest BCUT2D eigenvalue weighted by atomic mass is 10.1. The topological polar surface area (TPSA) is 70.7 Å². The van der Waals surface area contributed by atoms with Crippen molar-refractivity contribution in [2.75, 3.05) is 24.6 Å². The Labute approximate surface area is 165 Å². The average Bonchev–Trinajstić information content (AvgIpc) is 2.60. The minimum atomic E-state index is -0.0280. The van der Waals surface area contributed by atoms with E-state index in [2.05, 4.69) is 22.1 Å². The molecule has 1 heterocycles. The van der Waals surface area contributed by atoms with Crippen LogP contribution in [0.2, 0.25) is 0 Å². The fourth-order valence-electron chi connectivity index (χ4n) is 2.24. The highest BCUT2D eigenvalue weighted by atomic mass is 127. The van der Waals surface area contributed by atoms with Crippen molar-refractivity contribution in [2.24, 2.45) is 10.7 Å². The molecular weight excluding hydrogens is 435 g/mol. The van der Waals surface area contributed by atoms with Gasteiger partial charge >= 0.3 is 0 Å². The van der Waals surface area contributed by atoms with Crippen molar-refractivity contribution >= 4 is 47.6 Å². The molecule has 24 heavy (non-hydrogen) atoms. The summed E-state index contributed by atoms with van der Waals surface area (Å²) in [5, 5.41) is 2.96. The van der Waals surface area contributed by atoms with E-state index >= 15 is 0 Å². The maximum Gasteiger partial charge on any atom is 0.251 e. The van der Waals surface area contributed by atoms with Crippen LogP contribution in [0.4, 0.5) is 0 Å². The van der Waals surface area contributed by atoms with Gasteiger partial charge in [0.1, 0.15) is 0 Å². The van der Waals surface area contributed by atoms with E-state index in [1.807, 2.05) is 43.0 Å². The molecule has 1 saturated heterocycles. The number of aliphatic imine (C=N–C) groups is 1. The number of thioether (sulfide) groups is 1. The van der Waals surface area contributed by atoms with Gasteiger partial charge in [0.15, 0.2) is 5.96 Å². The van der Waals surface area contributed by atoms with Gasteiger partial charge in [-0.05, 0) is 31.0 Å². The number of amides is 1. The van der Waals surface area contributed by atoms with Gasteiger partial charge in [-0.3, -0.25) is 4.79 Å². The van der Waals surface area contributed by atoms with Crippen LogP contribution in [-0.2, 0) is 6.54 Å². The summed E-state index contributed by atoms with van der Waals surface area (Å²) in [6.45, 7) is 6.53. The van der Waals surface area contributed by atoms with E-state index in [4.69, 9.17) is 5.73 Å². The van der Waals surface area contributed by atoms with Crippen LogP contribution in [0.1, 0.15) is 36.2 Å². The van der Waals surface area contributed by atoms with Gasteiger partial charge in [-0.2, -0.15) is 11.8 Å². The summed E-state index contributed by atoms with van der Waals surface area (Å²) < 4.78 is 0. The molecule has 1 fully saturated rings. The molecule has 3 N–H and O–H groups in total. The molecule has 134 valence electrons. The van der Waals surface area contributed by atoms with Gasteiger partial charge in [0.25, 0.3) is 5.91 Å². The van der Waals surface area contributed by atoms with Crippen molar-refractivity contribution in [1.29, 1.82) is 0 Å². The smallest absolute Gasteiger partial charge is 0.251 e. The Morgan fingerprint density at radius 3 is 2.54 bits per heavy atom. The van der Waals surface area contributed by atoms with Crippen LogP contribution in [0.5, 0.6) is 0 Å². The number of nitrogens with zero attached hydrogens (tertiary/aromatic N) is 2. The van der Waals surface area contributed by atoms with E-state index in [-0.39, 0.29) is 35.9 Å². The summed E-state index contributed by atoms with van der Waals surface area (Å²) in [6, 6.07) is 7.75. The van der Waals surface area contributed by atoms with Crippen LogP contribution in [0, 0.1) is 0 Å². The first-order valence-electron chi connectivity index (χ1n) is 8.12. The molecule has 0 spiro atoms. The summed E-state index contributed by atoms with van der Waals surface area (Å²) in [5.41, 5.74) is 7.78. The number of rotatable bonds is 5. The lowest BCUT2D eigenvalue weighted by Gasteiger charge is -2.27. The quantitative estimate of drug-likeness (QED) is 0.401. The van der Waals surface area contributed by atoms with E-state index in [9.17, 15) is 4.79 Å². The monoisotopic (exact) mass is 462 g/mol. The maximum atomic E-state index is 12.0. The zero-order valence-corrected chi connectivity index (χ0v) is 17.5. The lowest BCUT2D eigenvalue weighted by molar-refractivity contribution is 0.0939. The summed E-state index contributed by atoms with van der Waals surface area (Å²) in [7, 11) is 0.